The molecule has 1 aromatic carbocycles. The van der Waals surface area contributed by atoms with Gasteiger partial charge in [-0.05, 0) is 29.1 Å². The summed E-state index contributed by atoms with van der Waals surface area (Å²) in [6.45, 7) is 0. The lowest BCUT2D eigenvalue weighted by molar-refractivity contribution is -0.121. The normalized spacial score (nSPS) is 11.9. The summed E-state index contributed by atoms with van der Waals surface area (Å²) >= 11 is 1.57. The summed E-state index contributed by atoms with van der Waals surface area (Å²) in [5, 5.41) is 11.0. The molecule has 6 nitrogen and oxygen atoms in total. The van der Waals surface area contributed by atoms with E-state index in [2.05, 4.69) is 20.4 Å². The molecule has 0 fully saturated rings. The van der Waals surface area contributed by atoms with Gasteiger partial charge in [-0.25, -0.2) is 0 Å². The van der Waals surface area contributed by atoms with Gasteiger partial charge in [0.15, 0.2) is 0 Å². The summed E-state index contributed by atoms with van der Waals surface area (Å²) in [7, 11) is 0. The molecule has 4 aromatic rings. The van der Waals surface area contributed by atoms with Crippen LogP contribution in [0.15, 0.2) is 76.1 Å². The highest BCUT2D eigenvalue weighted by Gasteiger charge is 2.18. The molecule has 7 heteroatoms. The van der Waals surface area contributed by atoms with Gasteiger partial charge in [-0.2, -0.15) is 16.3 Å². The first-order chi connectivity index (χ1) is 13.8. The lowest BCUT2D eigenvalue weighted by Gasteiger charge is -2.18. The number of benzene rings is 1. The van der Waals surface area contributed by atoms with Crippen molar-refractivity contribution in [1.82, 2.24) is 20.4 Å². The molecule has 0 saturated carbocycles. The van der Waals surface area contributed by atoms with E-state index in [1.54, 1.807) is 17.5 Å². The highest BCUT2D eigenvalue weighted by Crippen LogP contribution is 2.21. The first-order valence-electron chi connectivity index (χ1n) is 8.90. The summed E-state index contributed by atoms with van der Waals surface area (Å²) in [6, 6.07) is 17.1. The van der Waals surface area contributed by atoms with Crippen LogP contribution < -0.4 is 5.32 Å². The fraction of sp³-hybridized carbons (Fsp3) is 0.143. The molecule has 1 unspecified atom stereocenters. The van der Waals surface area contributed by atoms with Crippen molar-refractivity contribution in [3.8, 4) is 11.4 Å². The van der Waals surface area contributed by atoms with Crippen LogP contribution in [0.1, 0.15) is 29.6 Å². The Balaban J connectivity index is 1.42. The van der Waals surface area contributed by atoms with E-state index < -0.39 is 0 Å². The molecule has 0 aliphatic heterocycles. The van der Waals surface area contributed by atoms with Gasteiger partial charge in [-0.3, -0.25) is 9.78 Å². The number of nitrogens with one attached hydrogen (secondary N) is 1. The smallest absolute Gasteiger partial charge is 0.227 e. The number of rotatable bonds is 7. The van der Waals surface area contributed by atoms with Gasteiger partial charge in [0.05, 0.1) is 11.7 Å². The third-order valence-corrected chi connectivity index (χ3v) is 4.92. The van der Waals surface area contributed by atoms with Gasteiger partial charge >= 0.3 is 0 Å². The van der Waals surface area contributed by atoms with Gasteiger partial charge in [0.1, 0.15) is 0 Å². The Labute approximate surface area is 166 Å². The molecule has 4 rings (SSSR count). The zero-order valence-corrected chi connectivity index (χ0v) is 15.8. The van der Waals surface area contributed by atoms with Crippen LogP contribution in [0.3, 0.4) is 0 Å². The molecule has 0 radical (unpaired) electrons. The van der Waals surface area contributed by atoms with Crippen molar-refractivity contribution in [2.75, 3.05) is 0 Å². The number of carbonyl (C=O) groups is 1. The lowest BCUT2D eigenvalue weighted by Crippen LogP contribution is -2.30. The average molecular weight is 390 g/mol. The van der Waals surface area contributed by atoms with Gasteiger partial charge in [0.25, 0.3) is 0 Å². The molecule has 1 N–H and O–H groups in total. The first kappa shape index (κ1) is 18.1. The minimum absolute atomic E-state index is 0.102. The van der Waals surface area contributed by atoms with E-state index in [9.17, 15) is 4.79 Å². The van der Waals surface area contributed by atoms with Crippen LogP contribution in [-0.2, 0) is 11.2 Å². The topological polar surface area (TPSA) is 80.9 Å². The Bertz CT molecular complexity index is 978. The van der Waals surface area contributed by atoms with Crippen LogP contribution in [0.2, 0.25) is 0 Å². The minimum Gasteiger partial charge on any atom is -0.344 e. The molecule has 1 amide bonds. The van der Waals surface area contributed by atoms with Crippen molar-refractivity contribution in [1.29, 1.82) is 0 Å². The van der Waals surface area contributed by atoms with E-state index >= 15 is 0 Å². The van der Waals surface area contributed by atoms with Crippen LogP contribution >= 0.6 is 11.3 Å². The number of hydrogen-bond acceptors (Lipinski definition) is 6. The summed E-state index contributed by atoms with van der Waals surface area (Å²) in [4.78, 5) is 21.3. The molecule has 0 aliphatic rings. The van der Waals surface area contributed by atoms with Gasteiger partial charge in [0.2, 0.25) is 17.6 Å². The molecular formula is C21H18N4O2S. The van der Waals surface area contributed by atoms with E-state index in [-0.39, 0.29) is 18.4 Å². The second-order valence-corrected chi connectivity index (χ2v) is 6.97. The Kier molecular flexibility index (Phi) is 5.53. The summed E-state index contributed by atoms with van der Waals surface area (Å²) in [5.41, 5.74) is 2.69. The van der Waals surface area contributed by atoms with Crippen molar-refractivity contribution >= 4 is 17.2 Å². The second-order valence-electron chi connectivity index (χ2n) is 6.19. The second kappa shape index (κ2) is 8.58. The van der Waals surface area contributed by atoms with Gasteiger partial charge in [-0.1, -0.05) is 41.6 Å². The zero-order valence-electron chi connectivity index (χ0n) is 15.0. The zero-order chi connectivity index (χ0) is 19.2. The number of thiophene rings is 1. The fourth-order valence-electron chi connectivity index (χ4n) is 2.84. The number of pyridine rings is 1. The number of amides is 1. The molecule has 0 saturated heterocycles. The van der Waals surface area contributed by atoms with Gasteiger partial charge in [0, 0.05) is 30.0 Å². The highest BCUT2D eigenvalue weighted by atomic mass is 32.1. The molecule has 3 aromatic heterocycles. The largest absolute Gasteiger partial charge is 0.344 e. The fourth-order valence-corrected chi connectivity index (χ4v) is 3.47. The van der Waals surface area contributed by atoms with Crippen LogP contribution in [0.25, 0.3) is 11.4 Å². The quantitative estimate of drug-likeness (QED) is 0.515. The van der Waals surface area contributed by atoms with Crippen LogP contribution in [0, 0.1) is 0 Å². The van der Waals surface area contributed by atoms with Gasteiger partial charge in [-0.15, -0.1) is 0 Å². The van der Waals surface area contributed by atoms with E-state index in [1.165, 1.54) is 0 Å². The predicted octanol–water partition coefficient (Wildman–Crippen LogP) is 4.03. The van der Waals surface area contributed by atoms with E-state index in [0.29, 0.717) is 18.1 Å². The third-order valence-electron chi connectivity index (χ3n) is 4.24. The summed E-state index contributed by atoms with van der Waals surface area (Å²) in [5.74, 6) is 0.896. The summed E-state index contributed by atoms with van der Waals surface area (Å²) < 4.78 is 5.26. The monoisotopic (exact) mass is 390 g/mol. The number of carbonyl (C=O) groups excluding carboxylic acids is 1. The molecular weight excluding hydrogens is 372 g/mol. The highest BCUT2D eigenvalue weighted by molar-refractivity contribution is 7.08. The molecule has 3 heterocycles. The maximum absolute atomic E-state index is 12.6. The minimum atomic E-state index is -0.307. The van der Waals surface area contributed by atoms with Crippen LogP contribution in [0.4, 0.5) is 0 Å². The van der Waals surface area contributed by atoms with Crippen molar-refractivity contribution in [2.24, 2.45) is 0 Å². The van der Waals surface area contributed by atoms with E-state index in [4.69, 9.17) is 4.52 Å². The van der Waals surface area contributed by atoms with Crippen molar-refractivity contribution in [3.05, 3.63) is 88.7 Å². The molecule has 140 valence electrons. The Hall–Kier alpha value is -3.32. The standard InChI is InChI=1S/C21H18N4O2S/c26-18(9-10-19-24-21(25-27-19)16-11-13-28-14-16)23-20(15-6-2-1-3-7-15)17-8-4-5-12-22-17/h1-8,11-14,20H,9-10H2,(H,23,26). The number of nitrogens with zero attached hydrogens (tertiary/aromatic N) is 3. The molecule has 0 aliphatic carbocycles. The maximum atomic E-state index is 12.6. The average Bonchev–Trinajstić information content (AvgIpc) is 3.43. The Morgan fingerprint density at radius 2 is 1.96 bits per heavy atom. The lowest BCUT2D eigenvalue weighted by atomic mass is 10.0. The first-order valence-corrected chi connectivity index (χ1v) is 9.84. The Morgan fingerprint density at radius 3 is 2.71 bits per heavy atom. The molecule has 0 bridgehead atoms. The maximum Gasteiger partial charge on any atom is 0.227 e. The molecule has 0 spiro atoms. The Morgan fingerprint density at radius 1 is 1.11 bits per heavy atom. The van der Waals surface area contributed by atoms with Crippen molar-refractivity contribution in [2.45, 2.75) is 18.9 Å². The van der Waals surface area contributed by atoms with E-state index in [0.717, 1.165) is 16.8 Å². The van der Waals surface area contributed by atoms with Crippen molar-refractivity contribution in [3.63, 3.8) is 0 Å². The third kappa shape index (κ3) is 4.32. The molecule has 1 atom stereocenters. The summed E-state index contributed by atoms with van der Waals surface area (Å²) in [6.07, 6.45) is 2.36. The predicted molar refractivity (Wildman–Crippen MR) is 107 cm³/mol. The van der Waals surface area contributed by atoms with E-state index in [1.807, 2.05) is 65.4 Å². The van der Waals surface area contributed by atoms with Crippen LogP contribution in [0.5, 0.6) is 0 Å². The number of aromatic nitrogens is 3. The number of aryl methyl sites for hydroxylation is 1. The van der Waals surface area contributed by atoms with Crippen LogP contribution in [-0.4, -0.2) is 21.0 Å². The molecule has 28 heavy (non-hydrogen) atoms. The van der Waals surface area contributed by atoms with Gasteiger partial charge < -0.3 is 9.84 Å². The SMILES string of the molecule is O=C(CCc1nc(-c2ccsc2)no1)NC(c1ccccc1)c1ccccn1. The van der Waals surface area contributed by atoms with Crippen molar-refractivity contribution < 1.29 is 9.32 Å². The number of hydrogen-bond donors (Lipinski definition) is 1.